The van der Waals surface area contributed by atoms with Gasteiger partial charge in [-0.05, 0) is 31.8 Å². The van der Waals surface area contributed by atoms with Crippen molar-refractivity contribution in [1.82, 2.24) is 15.4 Å². The van der Waals surface area contributed by atoms with Crippen LogP contribution in [-0.2, 0) is 14.8 Å². The van der Waals surface area contributed by atoms with Gasteiger partial charge in [0.25, 0.3) is 10.0 Å². The van der Waals surface area contributed by atoms with E-state index in [9.17, 15) is 13.2 Å². The van der Waals surface area contributed by atoms with Crippen molar-refractivity contribution in [3.05, 3.63) is 17.5 Å². The predicted molar refractivity (Wildman–Crippen MR) is 87.5 cm³/mol. The van der Waals surface area contributed by atoms with Gasteiger partial charge in [0.15, 0.2) is 0 Å². The maximum absolute atomic E-state index is 12.0. The number of carbonyl (C=O) groups is 1. The summed E-state index contributed by atoms with van der Waals surface area (Å²) in [6, 6.07) is 2.49. The van der Waals surface area contributed by atoms with Gasteiger partial charge in [0, 0.05) is 12.6 Å². The molecule has 1 aromatic rings. The molecule has 0 aliphatic carbocycles. The molecule has 1 rings (SSSR count). The minimum Gasteiger partial charge on any atom is -0.353 e. The van der Waals surface area contributed by atoms with Crippen LogP contribution in [0.2, 0.25) is 0 Å². The zero-order valence-electron chi connectivity index (χ0n) is 12.3. The van der Waals surface area contributed by atoms with Crippen LogP contribution in [0.25, 0.3) is 0 Å². The van der Waals surface area contributed by atoms with E-state index >= 15 is 0 Å². The van der Waals surface area contributed by atoms with Crippen molar-refractivity contribution in [2.45, 2.75) is 37.1 Å². The number of rotatable bonds is 8. The summed E-state index contributed by atoms with van der Waals surface area (Å²) in [6.45, 7) is 6.73. The van der Waals surface area contributed by atoms with Crippen molar-refractivity contribution in [1.29, 1.82) is 0 Å². The van der Waals surface area contributed by atoms with E-state index in [1.165, 1.54) is 13.0 Å². The zero-order chi connectivity index (χ0) is 15.2. The Morgan fingerprint density at radius 3 is 2.57 bits per heavy atom. The number of hydrogen-bond acceptors (Lipinski definition) is 5. The van der Waals surface area contributed by atoms with E-state index in [-0.39, 0.29) is 28.6 Å². The van der Waals surface area contributed by atoms with Crippen LogP contribution in [0.1, 0.15) is 20.8 Å². The Morgan fingerprint density at radius 2 is 2.05 bits per heavy atom. The minimum atomic E-state index is -3.62. The Bertz CT molecular complexity index is 520. The van der Waals surface area contributed by atoms with Crippen LogP contribution in [0.15, 0.2) is 21.7 Å². The number of thiophene rings is 1. The highest BCUT2D eigenvalue weighted by Crippen LogP contribution is 2.15. The van der Waals surface area contributed by atoms with Gasteiger partial charge in [-0.2, -0.15) is 4.72 Å². The number of likely N-dealkylation sites (N-methyl/N-ethyl adjacent to an activating group) is 1. The lowest BCUT2D eigenvalue weighted by Crippen LogP contribution is -2.47. The van der Waals surface area contributed by atoms with Crippen molar-refractivity contribution in [3.63, 3.8) is 0 Å². The van der Waals surface area contributed by atoms with E-state index in [1.54, 1.807) is 11.4 Å². The molecule has 0 radical (unpaired) electrons. The summed E-state index contributed by atoms with van der Waals surface area (Å²) >= 11 is 1.12. The monoisotopic (exact) mass is 355 g/mol. The molecule has 0 aliphatic heterocycles. The number of hydrogen-bond donors (Lipinski definition) is 3. The lowest BCUT2D eigenvalue weighted by atomic mass is 10.3. The summed E-state index contributed by atoms with van der Waals surface area (Å²) in [6.07, 6.45) is 0. The van der Waals surface area contributed by atoms with Crippen molar-refractivity contribution >= 4 is 39.7 Å². The van der Waals surface area contributed by atoms with E-state index in [4.69, 9.17) is 0 Å². The maximum Gasteiger partial charge on any atom is 0.250 e. The second-order valence-corrected chi connectivity index (χ2v) is 7.37. The SMILES string of the molecule is CCN[C@H](C)CNC(=O)C(C)NS(=O)(=O)c1cccs1.Cl. The van der Waals surface area contributed by atoms with Crippen LogP contribution >= 0.6 is 23.7 Å². The summed E-state index contributed by atoms with van der Waals surface area (Å²) in [5.74, 6) is -0.338. The molecule has 9 heteroatoms. The quantitative estimate of drug-likeness (QED) is 0.648. The molecule has 0 bridgehead atoms. The van der Waals surface area contributed by atoms with Gasteiger partial charge < -0.3 is 10.6 Å². The van der Waals surface area contributed by atoms with E-state index in [0.29, 0.717) is 6.54 Å². The molecule has 0 saturated carbocycles. The molecule has 1 heterocycles. The molecule has 1 amide bonds. The van der Waals surface area contributed by atoms with Crippen LogP contribution in [0.4, 0.5) is 0 Å². The predicted octanol–water partition coefficient (Wildman–Crippen LogP) is 0.951. The summed E-state index contributed by atoms with van der Waals surface area (Å²) in [4.78, 5) is 11.8. The Hall–Kier alpha value is -0.670. The highest BCUT2D eigenvalue weighted by Gasteiger charge is 2.22. The third-order valence-electron chi connectivity index (χ3n) is 2.62. The Labute approximate surface area is 136 Å². The first-order valence-electron chi connectivity index (χ1n) is 6.43. The average molecular weight is 356 g/mol. The molecule has 21 heavy (non-hydrogen) atoms. The van der Waals surface area contributed by atoms with Gasteiger partial charge in [0.05, 0.1) is 6.04 Å². The fourth-order valence-electron chi connectivity index (χ4n) is 1.59. The second-order valence-electron chi connectivity index (χ2n) is 4.48. The molecule has 0 aromatic carbocycles. The summed E-state index contributed by atoms with van der Waals surface area (Å²) in [5, 5.41) is 7.55. The normalized spacial score (nSPS) is 14.0. The molecule has 0 fully saturated rings. The highest BCUT2D eigenvalue weighted by molar-refractivity contribution is 7.91. The number of amides is 1. The molecule has 1 aromatic heterocycles. The standard InChI is InChI=1S/C12H21N3O3S2.ClH/c1-4-13-9(2)8-14-12(16)10(3)15-20(17,18)11-6-5-7-19-11;/h5-7,9-10,13,15H,4,8H2,1-3H3,(H,14,16);1H/t9-,10?;/m1./s1. The first-order chi connectivity index (χ1) is 9.36. The highest BCUT2D eigenvalue weighted by atomic mass is 35.5. The molecule has 0 saturated heterocycles. The van der Waals surface area contributed by atoms with Crippen LogP contribution in [0.3, 0.4) is 0 Å². The fourth-order valence-corrected chi connectivity index (χ4v) is 3.80. The van der Waals surface area contributed by atoms with Crippen molar-refractivity contribution < 1.29 is 13.2 Å². The van der Waals surface area contributed by atoms with Crippen molar-refractivity contribution in [2.75, 3.05) is 13.1 Å². The fraction of sp³-hybridized carbons (Fsp3) is 0.583. The molecule has 0 spiro atoms. The van der Waals surface area contributed by atoms with Gasteiger partial charge in [-0.15, -0.1) is 23.7 Å². The van der Waals surface area contributed by atoms with E-state index in [2.05, 4.69) is 15.4 Å². The third kappa shape index (κ3) is 6.75. The molecular weight excluding hydrogens is 334 g/mol. The van der Waals surface area contributed by atoms with Gasteiger partial charge in [-0.25, -0.2) is 8.42 Å². The van der Waals surface area contributed by atoms with E-state index in [1.807, 2.05) is 13.8 Å². The van der Waals surface area contributed by atoms with Crippen LogP contribution in [0.5, 0.6) is 0 Å². The van der Waals surface area contributed by atoms with E-state index < -0.39 is 16.1 Å². The molecule has 0 aliphatic rings. The van der Waals surface area contributed by atoms with Gasteiger partial charge in [-0.3, -0.25) is 4.79 Å². The average Bonchev–Trinajstić information content (AvgIpc) is 2.90. The molecule has 3 N–H and O–H groups in total. The molecular formula is C12H22ClN3O3S2. The van der Waals surface area contributed by atoms with Crippen molar-refractivity contribution in [2.24, 2.45) is 0 Å². The van der Waals surface area contributed by atoms with Crippen molar-refractivity contribution in [3.8, 4) is 0 Å². The van der Waals surface area contributed by atoms with Gasteiger partial charge in [0.1, 0.15) is 4.21 Å². The van der Waals surface area contributed by atoms with E-state index in [0.717, 1.165) is 17.9 Å². The third-order valence-corrected chi connectivity index (χ3v) is 5.56. The first-order valence-corrected chi connectivity index (χ1v) is 8.80. The Morgan fingerprint density at radius 1 is 1.38 bits per heavy atom. The largest absolute Gasteiger partial charge is 0.353 e. The molecule has 122 valence electrons. The summed E-state index contributed by atoms with van der Waals surface area (Å²) in [5.41, 5.74) is 0. The number of sulfonamides is 1. The summed E-state index contributed by atoms with van der Waals surface area (Å²) in [7, 11) is -3.62. The minimum absolute atomic E-state index is 0. The molecule has 1 unspecified atom stereocenters. The molecule has 2 atom stereocenters. The van der Waals surface area contributed by atoms with Crippen LogP contribution < -0.4 is 15.4 Å². The van der Waals surface area contributed by atoms with Crippen LogP contribution in [0, 0.1) is 0 Å². The lowest BCUT2D eigenvalue weighted by molar-refractivity contribution is -0.122. The number of nitrogens with one attached hydrogen (secondary N) is 3. The topological polar surface area (TPSA) is 87.3 Å². The number of carbonyl (C=O) groups excluding carboxylic acids is 1. The smallest absolute Gasteiger partial charge is 0.250 e. The zero-order valence-corrected chi connectivity index (χ0v) is 14.7. The lowest BCUT2D eigenvalue weighted by Gasteiger charge is -2.17. The van der Waals surface area contributed by atoms with Gasteiger partial charge in [0.2, 0.25) is 5.91 Å². The van der Waals surface area contributed by atoms with Gasteiger partial charge >= 0.3 is 0 Å². The maximum atomic E-state index is 12.0. The second kappa shape index (κ2) is 9.37. The Kier molecular flexibility index (Phi) is 9.07. The Balaban J connectivity index is 0.00000400. The molecule has 6 nitrogen and oxygen atoms in total. The first kappa shape index (κ1) is 20.3. The summed E-state index contributed by atoms with van der Waals surface area (Å²) < 4.78 is 26.5. The van der Waals surface area contributed by atoms with Gasteiger partial charge in [-0.1, -0.05) is 13.0 Å². The van der Waals surface area contributed by atoms with Crippen LogP contribution in [-0.4, -0.2) is 39.5 Å². The number of halogens is 1.